The minimum absolute atomic E-state index is 0.0998. The lowest BCUT2D eigenvalue weighted by Gasteiger charge is -2.24. The Hall–Kier alpha value is -1.36. The molecule has 22 heavy (non-hydrogen) atoms. The molecule has 4 nitrogen and oxygen atoms in total. The SMILES string of the molecule is CC[C@H](C)CC(=O)N1CCC[C@@H]1c1nc2ccc(Br)cc2[nH]1. The van der Waals surface area contributed by atoms with Gasteiger partial charge in [-0.3, -0.25) is 4.79 Å². The van der Waals surface area contributed by atoms with E-state index in [9.17, 15) is 4.79 Å². The molecule has 2 atom stereocenters. The summed E-state index contributed by atoms with van der Waals surface area (Å²) < 4.78 is 1.03. The number of fused-ring (bicyclic) bond motifs is 1. The van der Waals surface area contributed by atoms with E-state index in [2.05, 4.69) is 34.8 Å². The Balaban J connectivity index is 1.83. The number of aromatic nitrogens is 2. The van der Waals surface area contributed by atoms with E-state index >= 15 is 0 Å². The third kappa shape index (κ3) is 3.05. The number of benzene rings is 1. The Bertz CT molecular complexity index is 682. The van der Waals surface area contributed by atoms with Gasteiger partial charge in [0.15, 0.2) is 0 Å². The molecule has 1 aromatic heterocycles. The third-order valence-corrected chi connectivity index (χ3v) is 5.06. The summed E-state index contributed by atoms with van der Waals surface area (Å²) in [5.41, 5.74) is 1.98. The molecule has 1 N–H and O–H groups in total. The first-order valence-electron chi connectivity index (χ1n) is 8.03. The Morgan fingerprint density at radius 2 is 2.36 bits per heavy atom. The summed E-state index contributed by atoms with van der Waals surface area (Å²) >= 11 is 3.48. The minimum atomic E-state index is 0.0998. The largest absolute Gasteiger partial charge is 0.340 e. The van der Waals surface area contributed by atoms with Gasteiger partial charge in [-0.15, -0.1) is 0 Å². The van der Waals surface area contributed by atoms with E-state index in [4.69, 9.17) is 4.98 Å². The third-order valence-electron chi connectivity index (χ3n) is 4.57. The van der Waals surface area contributed by atoms with Crippen LogP contribution >= 0.6 is 15.9 Å². The quantitative estimate of drug-likeness (QED) is 0.873. The molecule has 0 unspecified atom stereocenters. The van der Waals surface area contributed by atoms with Crippen LogP contribution in [0.1, 0.15) is 51.4 Å². The predicted octanol–water partition coefficient (Wildman–Crippen LogP) is 4.43. The molecule has 0 bridgehead atoms. The molecule has 0 spiro atoms. The van der Waals surface area contributed by atoms with E-state index in [1.165, 1.54) is 0 Å². The van der Waals surface area contributed by atoms with Crippen LogP contribution in [0.2, 0.25) is 0 Å². The molecule has 1 aromatic carbocycles. The van der Waals surface area contributed by atoms with Gasteiger partial charge in [-0.1, -0.05) is 36.2 Å². The maximum absolute atomic E-state index is 12.5. The lowest BCUT2D eigenvalue weighted by molar-refractivity contribution is -0.133. The van der Waals surface area contributed by atoms with E-state index in [1.807, 2.05) is 23.1 Å². The van der Waals surface area contributed by atoms with Crippen molar-refractivity contribution in [1.82, 2.24) is 14.9 Å². The second-order valence-corrected chi connectivity index (χ2v) is 7.16. The fourth-order valence-electron chi connectivity index (χ4n) is 3.07. The zero-order valence-electron chi connectivity index (χ0n) is 13.1. The Morgan fingerprint density at radius 1 is 1.55 bits per heavy atom. The molecule has 1 fully saturated rings. The molecule has 3 rings (SSSR count). The first-order valence-corrected chi connectivity index (χ1v) is 8.82. The van der Waals surface area contributed by atoms with Crippen molar-refractivity contribution in [2.24, 2.45) is 5.92 Å². The van der Waals surface area contributed by atoms with E-state index in [0.717, 1.165) is 47.1 Å². The summed E-state index contributed by atoms with van der Waals surface area (Å²) in [5.74, 6) is 1.63. The van der Waals surface area contributed by atoms with E-state index < -0.39 is 0 Å². The van der Waals surface area contributed by atoms with Crippen LogP contribution in [0.3, 0.4) is 0 Å². The fraction of sp³-hybridized carbons (Fsp3) is 0.529. The van der Waals surface area contributed by atoms with Gasteiger partial charge in [0.1, 0.15) is 5.82 Å². The van der Waals surface area contributed by atoms with Crippen molar-refractivity contribution >= 4 is 32.9 Å². The van der Waals surface area contributed by atoms with Gasteiger partial charge in [0.2, 0.25) is 5.91 Å². The first kappa shape index (κ1) is 15.5. The van der Waals surface area contributed by atoms with Gasteiger partial charge in [-0.05, 0) is 37.0 Å². The van der Waals surface area contributed by atoms with Crippen LogP contribution < -0.4 is 0 Å². The molecule has 1 aliphatic rings. The van der Waals surface area contributed by atoms with Crippen LogP contribution in [0.25, 0.3) is 11.0 Å². The van der Waals surface area contributed by atoms with E-state index in [-0.39, 0.29) is 11.9 Å². The van der Waals surface area contributed by atoms with Crippen LogP contribution in [0, 0.1) is 5.92 Å². The van der Waals surface area contributed by atoms with Crippen molar-refractivity contribution in [2.45, 2.75) is 45.6 Å². The van der Waals surface area contributed by atoms with Crippen LogP contribution in [0.5, 0.6) is 0 Å². The average Bonchev–Trinajstić information content (AvgIpc) is 3.12. The number of likely N-dealkylation sites (tertiary alicyclic amines) is 1. The van der Waals surface area contributed by atoms with Gasteiger partial charge < -0.3 is 9.88 Å². The van der Waals surface area contributed by atoms with Gasteiger partial charge in [0.25, 0.3) is 0 Å². The van der Waals surface area contributed by atoms with Crippen LogP contribution in [0.4, 0.5) is 0 Å². The monoisotopic (exact) mass is 363 g/mol. The molecule has 0 saturated carbocycles. The zero-order valence-corrected chi connectivity index (χ0v) is 14.7. The van der Waals surface area contributed by atoms with E-state index in [0.29, 0.717) is 12.3 Å². The number of carbonyl (C=O) groups is 1. The minimum Gasteiger partial charge on any atom is -0.340 e. The number of hydrogen-bond donors (Lipinski definition) is 1. The van der Waals surface area contributed by atoms with Gasteiger partial charge in [0.05, 0.1) is 17.1 Å². The second kappa shape index (κ2) is 6.41. The summed E-state index contributed by atoms with van der Waals surface area (Å²) in [7, 11) is 0. The van der Waals surface area contributed by atoms with Crippen molar-refractivity contribution < 1.29 is 4.79 Å². The van der Waals surface area contributed by atoms with E-state index in [1.54, 1.807) is 0 Å². The highest BCUT2D eigenvalue weighted by Crippen LogP contribution is 2.33. The number of nitrogens with one attached hydrogen (secondary N) is 1. The maximum atomic E-state index is 12.5. The zero-order chi connectivity index (χ0) is 15.7. The molecule has 1 saturated heterocycles. The average molecular weight is 364 g/mol. The van der Waals surface area contributed by atoms with Gasteiger partial charge in [-0.25, -0.2) is 4.98 Å². The summed E-state index contributed by atoms with van der Waals surface area (Å²) in [5, 5.41) is 0. The standard InChI is InChI=1S/C17H22BrN3O/c1-3-11(2)9-16(22)21-8-4-5-15(21)17-19-13-7-6-12(18)10-14(13)20-17/h6-7,10-11,15H,3-5,8-9H2,1-2H3,(H,19,20)/t11-,15+/m0/s1. The maximum Gasteiger partial charge on any atom is 0.223 e. The van der Waals surface area contributed by atoms with Gasteiger partial charge in [0, 0.05) is 17.4 Å². The molecule has 0 radical (unpaired) electrons. The number of amides is 1. The highest BCUT2D eigenvalue weighted by Gasteiger charge is 2.32. The molecular weight excluding hydrogens is 342 g/mol. The number of nitrogens with zero attached hydrogens (tertiary/aromatic N) is 2. The predicted molar refractivity (Wildman–Crippen MR) is 91.6 cm³/mol. The Labute approximate surface area is 139 Å². The lowest BCUT2D eigenvalue weighted by Crippen LogP contribution is -2.32. The van der Waals surface area contributed by atoms with Crippen LogP contribution in [0.15, 0.2) is 22.7 Å². The number of imidazole rings is 1. The second-order valence-electron chi connectivity index (χ2n) is 6.25. The van der Waals surface area contributed by atoms with Crippen molar-refractivity contribution in [1.29, 1.82) is 0 Å². The number of aromatic amines is 1. The van der Waals surface area contributed by atoms with Gasteiger partial charge >= 0.3 is 0 Å². The molecular formula is C17H22BrN3O. The summed E-state index contributed by atoms with van der Waals surface area (Å²) in [6.07, 6.45) is 3.73. The lowest BCUT2D eigenvalue weighted by atomic mass is 10.0. The first-order chi connectivity index (χ1) is 10.6. The van der Waals surface area contributed by atoms with Crippen LogP contribution in [-0.2, 0) is 4.79 Å². The molecule has 2 heterocycles. The topological polar surface area (TPSA) is 49.0 Å². The molecule has 2 aromatic rings. The Kier molecular flexibility index (Phi) is 4.52. The Morgan fingerprint density at radius 3 is 3.14 bits per heavy atom. The van der Waals surface area contributed by atoms with Crippen molar-refractivity contribution in [2.75, 3.05) is 6.54 Å². The highest BCUT2D eigenvalue weighted by molar-refractivity contribution is 9.10. The summed E-state index contributed by atoms with van der Waals surface area (Å²) in [6, 6.07) is 6.13. The molecule has 1 aliphatic heterocycles. The highest BCUT2D eigenvalue weighted by atomic mass is 79.9. The normalized spacial score (nSPS) is 19.8. The van der Waals surface area contributed by atoms with Gasteiger partial charge in [-0.2, -0.15) is 0 Å². The number of halogens is 1. The van der Waals surface area contributed by atoms with Crippen molar-refractivity contribution in [3.05, 3.63) is 28.5 Å². The van der Waals surface area contributed by atoms with Crippen molar-refractivity contribution in [3.8, 4) is 0 Å². The smallest absolute Gasteiger partial charge is 0.223 e. The number of carbonyl (C=O) groups excluding carboxylic acids is 1. The molecule has 0 aliphatic carbocycles. The van der Waals surface area contributed by atoms with Crippen molar-refractivity contribution in [3.63, 3.8) is 0 Å². The summed E-state index contributed by atoms with van der Waals surface area (Å²) in [6.45, 7) is 5.12. The number of rotatable bonds is 4. The summed E-state index contributed by atoms with van der Waals surface area (Å²) in [4.78, 5) is 22.7. The fourth-order valence-corrected chi connectivity index (χ4v) is 3.43. The molecule has 5 heteroatoms. The molecule has 1 amide bonds. The number of hydrogen-bond acceptors (Lipinski definition) is 2. The van der Waals surface area contributed by atoms with Crippen LogP contribution in [-0.4, -0.2) is 27.3 Å². The number of H-pyrrole nitrogens is 1. The molecule has 118 valence electrons.